The van der Waals surface area contributed by atoms with Gasteiger partial charge < -0.3 is 5.32 Å². The zero-order chi connectivity index (χ0) is 10.8. The molecule has 0 spiro atoms. The van der Waals surface area contributed by atoms with Gasteiger partial charge in [0.2, 0.25) is 5.91 Å². The Labute approximate surface area is 95.4 Å². The highest BCUT2D eigenvalue weighted by Gasteiger charge is 2.28. The molecular weight excluding hydrogens is 260 g/mol. The first-order valence-corrected chi connectivity index (χ1v) is 5.29. The van der Waals surface area contributed by atoms with E-state index in [9.17, 15) is 9.59 Å². The minimum Gasteiger partial charge on any atom is -0.329 e. The molecule has 0 radical (unpaired) electrons. The molecule has 1 fully saturated rings. The van der Waals surface area contributed by atoms with Gasteiger partial charge in [-0.1, -0.05) is 28.1 Å². The second kappa shape index (κ2) is 4.02. The molecule has 0 atom stereocenters. The van der Waals surface area contributed by atoms with E-state index < -0.39 is 0 Å². The lowest BCUT2D eigenvalue weighted by Gasteiger charge is -2.12. The third-order valence-corrected chi connectivity index (χ3v) is 2.66. The van der Waals surface area contributed by atoms with Gasteiger partial charge in [-0.2, -0.15) is 0 Å². The molecule has 3 amide bonds. The Kier molecular flexibility index (Phi) is 2.73. The average Bonchev–Trinajstić information content (AvgIpc) is 2.50. The van der Waals surface area contributed by atoms with E-state index in [1.807, 2.05) is 24.3 Å². The Morgan fingerprint density at radius 2 is 2.20 bits per heavy atom. The first-order valence-electron chi connectivity index (χ1n) is 4.49. The van der Waals surface area contributed by atoms with E-state index in [0.29, 0.717) is 6.54 Å². The lowest BCUT2D eigenvalue weighted by atomic mass is 10.2. The van der Waals surface area contributed by atoms with Crippen molar-refractivity contribution in [3.63, 3.8) is 0 Å². The molecule has 1 aromatic carbocycles. The van der Waals surface area contributed by atoms with E-state index in [2.05, 4.69) is 21.2 Å². The van der Waals surface area contributed by atoms with Crippen LogP contribution in [0.5, 0.6) is 0 Å². The summed E-state index contributed by atoms with van der Waals surface area (Å²) < 4.78 is 0.937. The lowest BCUT2D eigenvalue weighted by molar-refractivity contribution is -0.125. The van der Waals surface area contributed by atoms with E-state index in [4.69, 9.17) is 0 Å². The Morgan fingerprint density at radius 3 is 2.80 bits per heavy atom. The molecule has 0 bridgehead atoms. The fraction of sp³-hybridized carbons (Fsp3) is 0.200. The van der Waals surface area contributed by atoms with Crippen molar-refractivity contribution in [3.8, 4) is 0 Å². The zero-order valence-corrected chi connectivity index (χ0v) is 9.45. The third-order valence-electron chi connectivity index (χ3n) is 2.17. The van der Waals surface area contributed by atoms with Gasteiger partial charge in [-0.25, -0.2) is 4.79 Å². The summed E-state index contributed by atoms with van der Waals surface area (Å²) in [6.45, 7) is 0.428. The number of nitrogens with one attached hydrogen (secondary N) is 1. The van der Waals surface area contributed by atoms with Crippen LogP contribution in [0.2, 0.25) is 0 Å². The molecule has 1 aliphatic rings. The largest absolute Gasteiger partial charge is 0.329 e. The summed E-state index contributed by atoms with van der Waals surface area (Å²) in [6, 6.07) is 7.22. The summed E-state index contributed by atoms with van der Waals surface area (Å²) in [5, 5.41) is 2.48. The molecule has 1 saturated heterocycles. The van der Waals surface area contributed by atoms with Gasteiger partial charge in [0.05, 0.1) is 13.1 Å². The Morgan fingerprint density at radius 1 is 1.40 bits per heavy atom. The van der Waals surface area contributed by atoms with Gasteiger partial charge >= 0.3 is 6.03 Å². The number of amides is 3. The van der Waals surface area contributed by atoms with Gasteiger partial charge in [0, 0.05) is 4.47 Å². The molecule has 4 nitrogen and oxygen atoms in total. The predicted molar refractivity (Wildman–Crippen MR) is 58.1 cm³/mol. The molecule has 5 heteroatoms. The van der Waals surface area contributed by atoms with Crippen LogP contribution < -0.4 is 5.32 Å². The first-order chi connectivity index (χ1) is 7.16. The highest BCUT2D eigenvalue weighted by molar-refractivity contribution is 9.10. The van der Waals surface area contributed by atoms with Crippen LogP contribution >= 0.6 is 15.9 Å². The topological polar surface area (TPSA) is 49.4 Å². The number of nitrogens with zero attached hydrogens (tertiary/aromatic N) is 1. The van der Waals surface area contributed by atoms with Crippen molar-refractivity contribution in [2.45, 2.75) is 6.54 Å². The normalized spacial score (nSPS) is 15.7. The molecule has 78 valence electrons. The van der Waals surface area contributed by atoms with Crippen LogP contribution in [0.15, 0.2) is 28.7 Å². The SMILES string of the molecule is O=C1CNC(=O)N1Cc1cccc(Br)c1. The fourth-order valence-electron chi connectivity index (χ4n) is 1.43. The number of rotatable bonds is 2. The highest BCUT2D eigenvalue weighted by atomic mass is 79.9. The quantitative estimate of drug-likeness (QED) is 0.827. The van der Waals surface area contributed by atoms with Crippen LogP contribution in [0.4, 0.5) is 4.79 Å². The van der Waals surface area contributed by atoms with Gasteiger partial charge in [0.25, 0.3) is 0 Å². The van der Waals surface area contributed by atoms with Crippen molar-refractivity contribution < 1.29 is 9.59 Å². The van der Waals surface area contributed by atoms with Crippen molar-refractivity contribution in [1.29, 1.82) is 0 Å². The van der Waals surface area contributed by atoms with Gasteiger partial charge in [-0.15, -0.1) is 0 Å². The van der Waals surface area contributed by atoms with Crippen LogP contribution in [-0.2, 0) is 11.3 Å². The van der Waals surface area contributed by atoms with Gasteiger partial charge in [-0.3, -0.25) is 9.69 Å². The number of imide groups is 1. The van der Waals surface area contributed by atoms with E-state index in [1.165, 1.54) is 4.90 Å². The van der Waals surface area contributed by atoms with Crippen LogP contribution in [0, 0.1) is 0 Å². The molecule has 1 aromatic rings. The van der Waals surface area contributed by atoms with Crippen molar-refractivity contribution in [1.82, 2.24) is 10.2 Å². The third kappa shape index (κ3) is 2.18. The summed E-state index contributed by atoms with van der Waals surface area (Å²) in [7, 11) is 0. The Balaban J connectivity index is 2.15. The predicted octanol–water partition coefficient (Wildman–Crippen LogP) is 1.50. The van der Waals surface area contributed by atoms with Crippen LogP contribution in [-0.4, -0.2) is 23.4 Å². The second-order valence-corrected chi connectivity index (χ2v) is 4.18. The van der Waals surface area contributed by atoms with Gasteiger partial charge in [0.15, 0.2) is 0 Å². The number of hydrogen-bond acceptors (Lipinski definition) is 2. The lowest BCUT2D eigenvalue weighted by Crippen LogP contribution is -2.30. The number of benzene rings is 1. The summed E-state index contributed by atoms with van der Waals surface area (Å²) in [5.74, 6) is -0.181. The first kappa shape index (κ1) is 10.2. The molecule has 1 N–H and O–H groups in total. The monoisotopic (exact) mass is 268 g/mol. The molecule has 0 unspecified atom stereocenters. The minimum absolute atomic E-state index is 0.104. The standard InChI is InChI=1S/C10H9BrN2O2/c11-8-3-1-2-7(4-8)6-13-9(14)5-12-10(13)15/h1-4H,5-6H2,(H,12,15). The summed E-state index contributed by atoms with van der Waals surface area (Å²) in [5.41, 5.74) is 0.926. The zero-order valence-electron chi connectivity index (χ0n) is 7.87. The Bertz CT molecular complexity index is 404. The van der Waals surface area contributed by atoms with Gasteiger partial charge in [-0.05, 0) is 17.7 Å². The molecular formula is C10H9BrN2O2. The van der Waals surface area contributed by atoms with E-state index in [1.54, 1.807) is 0 Å². The van der Waals surface area contributed by atoms with Crippen LogP contribution in [0.25, 0.3) is 0 Å². The molecule has 0 aliphatic carbocycles. The van der Waals surface area contributed by atoms with Crippen LogP contribution in [0.3, 0.4) is 0 Å². The van der Waals surface area contributed by atoms with Crippen molar-refractivity contribution in [3.05, 3.63) is 34.3 Å². The number of carbonyl (C=O) groups excluding carboxylic acids is 2. The van der Waals surface area contributed by atoms with Crippen LogP contribution in [0.1, 0.15) is 5.56 Å². The number of hydrogen-bond donors (Lipinski definition) is 1. The molecule has 1 heterocycles. The smallest absolute Gasteiger partial charge is 0.324 e. The van der Waals surface area contributed by atoms with Crippen molar-refractivity contribution in [2.24, 2.45) is 0 Å². The maximum Gasteiger partial charge on any atom is 0.324 e. The molecule has 15 heavy (non-hydrogen) atoms. The summed E-state index contributed by atoms with van der Waals surface area (Å²) in [4.78, 5) is 23.8. The van der Waals surface area contributed by atoms with E-state index >= 15 is 0 Å². The van der Waals surface area contributed by atoms with Crippen molar-refractivity contribution in [2.75, 3.05) is 6.54 Å². The molecule has 2 rings (SSSR count). The maximum absolute atomic E-state index is 11.3. The molecule has 0 aromatic heterocycles. The fourth-order valence-corrected chi connectivity index (χ4v) is 1.88. The van der Waals surface area contributed by atoms with E-state index in [-0.39, 0.29) is 18.5 Å². The number of halogens is 1. The maximum atomic E-state index is 11.3. The van der Waals surface area contributed by atoms with Gasteiger partial charge in [0.1, 0.15) is 0 Å². The highest BCUT2D eigenvalue weighted by Crippen LogP contribution is 2.14. The average molecular weight is 269 g/mol. The van der Waals surface area contributed by atoms with Crippen molar-refractivity contribution >= 4 is 27.9 Å². The minimum atomic E-state index is -0.319. The summed E-state index contributed by atoms with van der Waals surface area (Å²) in [6.07, 6.45) is 0. The number of carbonyl (C=O) groups is 2. The number of urea groups is 1. The molecule has 1 aliphatic heterocycles. The molecule has 0 saturated carbocycles. The second-order valence-electron chi connectivity index (χ2n) is 3.27. The summed E-state index contributed by atoms with van der Waals surface area (Å²) >= 11 is 3.34. The van der Waals surface area contributed by atoms with E-state index in [0.717, 1.165) is 10.0 Å². The Hall–Kier alpha value is -1.36.